The molecule has 0 fully saturated rings. The predicted octanol–water partition coefficient (Wildman–Crippen LogP) is 11.5. The monoisotopic (exact) mass is 661 g/mol. The van der Waals surface area contributed by atoms with E-state index >= 15 is 0 Å². The van der Waals surface area contributed by atoms with E-state index in [0.717, 1.165) is 88.4 Å². The van der Waals surface area contributed by atoms with Crippen LogP contribution < -0.4 is 4.90 Å². The second-order valence-electron chi connectivity index (χ2n) is 12.3. The minimum absolute atomic E-state index is 0.645. The lowest BCUT2D eigenvalue weighted by atomic mass is 10.00. The number of aromatic nitrogens is 2. The number of aliphatic imine (C=N–C) groups is 2. The smallest absolute Gasteiger partial charge is 0.160 e. The molecule has 0 saturated heterocycles. The molecule has 0 saturated carbocycles. The quantitative estimate of drug-likeness (QED) is 0.172. The molecule has 10 rings (SSSR count). The summed E-state index contributed by atoms with van der Waals surface area (Å²) in [7, 11) is 0. The van der Waals surface area contributed by atoms with Gasteiger partial charge in [0.15, 0.2) is 5.82 Å². The lowest BCUT2D eigenvalue weighted by molar-refractivity contribution is 0.669. The number of thiophene rings is 1. The summed E-state index contributed by atoms with van der Waals surface area (Å²) in [5.41, 5.74) is 10.3. The van der Waals surface area contributed by atoms with Gasteiger partial charge < -0.3 is 9.32 Å². The van der Waals surface area contributed by atoms with Crippen molar-refractivity contribution in [2.75, 3.05) is 4.90 Å². The SMILES string of the molecule is C=Nc1ccccc1N1Cc2ccccc2N=C1c1cccc2oc3ccc(-c4nc(-c5ccccc5)nc5c4sc4ccccc45)cc3c12. The Kier molecular flexibility index (Phi) is 6.47. The Morgan fingerprint density at radius 3 is 2.44 bits per heavy atom. The van der Waals surface area contributed by atoms with Gasteiger partial charge in [-0.15, -0.1) is 11.3 Å². The molecule has 6 aromatic carbocycles. The normalized spacial score (nSPS) is 12.9. The standard InChI is InChI=1S/C43H27N5OS/c1-44-33-18-8-9-19-34(33)48-25-28-14-5-7-17-32(28)45-43(48)30-16-11-20-36-38(30)31-24-27(22-23-35(31)49-36)39-41-40(29-15-6-10-21-37(29)50-41)47-42(46-39)26-12-3-2-4-13-26/h2-24H,1,25H2. The summed E-state index contributed by atoms with van der Waals surface area (Å²) in [4.78, 5) is 22.3. The Morgan fingerprint density at radius 2 is 1.52 bits per heavy atom. The summed E-state index contributed by atoms with van der Waals surface area (Å²) in [5.74, 6) is 1.54. The zero-order valence-corrected chi connectivity index (χ0v) is 27.6. The number of furan rings is 1. The average Bonchev–Trinajstić information content (AvgIpc) is 3.75. The molecule has 1 aliphatic heterocycles. The van der Waals surface area contributed by atoms with Crippen LogP contribution in [0.15, 0.2) is 154 Å². The highest BCUT2D eigenvalue weighted by molar-refractivity contribution is 7.26. The van der Waals surface area contributed by atoms with Crippen molar-refractivity contribution in [2.24, 2.45) is 9.98 Å². The Labute approximate surface area is 291 Å². The summed E-state index contributed by atoms with van der Waals surface area (Å²) in [6, 6.07) is 47.6. The van der Waals surface area contributed by atoms with Crippen molar-refractivity contribution >= 4 is 83.2 Å². The van der Waals surface area contributed by atoms with Crippen LogP contribution in [0.5, 0.6) is 0 Å². The molecule has 3 aromatic heterocycles. The number of amidine groups is 1. The van der Waals surface area contributed by atoms with Crippen molar-refractivity contribution in [3.05, 3.63) is 151 Å². The van der Waals surface area contributed by atoms with E-state index in [4.69, 9.17) is 19.4 Å². The number of hydrogen-bond donors (Lipinski definition) is 0. The molecule has 50 heavy (non-hydrogen) atoms. The molecule has 0 unspecified atom stereocenters. The zero-order chi connectivity index (χ0) is 33.2. The highest BCUT2D eigenvalue weighted by atomic mass is 32.1. The van der Waals surface area contributed by atoms with Crippen LogP contribution in [0.3, 0.4) is 0 Å². The fourth-order valence-corrected chi connectivity index (χ4v) is 8.22. The molecule has 0 amide bonds. The maximum atomic E-state index is 6.53. The summed E-state index contributed by atoms with van der Waals surface area (Å²) in [6.45, 7) is 4.51. The van der Waals surface area contributed by atoms with Crippen molar-refractivity contribution in [1.29, 1.82) is 0 Å². The fourth-order valence-electron chi connectivity index (χ4n) is 7.07. The second-order valence-corrected chi connectivity index (χ2v) is 13.4. The molecular weight excluding hydrogens is 635 g/mol. The molecule has 0 radical (unpaired) electrons. The van der Waals surface area contributed by atoms with Crippen LogP contribution in [0, 0.1) is 0 Å². The highest BCUT2D eigenvalue weighted by Crippen LogP contribution is 2.43. The van der Waals surface area contributed by atoms with Crippen molar-refractivity contribution < 1.29 is 4.42 Å². The van der Waals surface area contributed by atoms with Gasteiger partial charge in [-0.2, -0.15) is 0 Å². The lowest BCUT2D eigenvalue weighted by Gasteiger charge is -2.31. The highest BCUT2D eigenvalue weighted by Gasteiger charge is 2.27. The van der Waals surface area contributed by atoms with Crippen molar-refractivity contribution in [1.82, 2.24) is 9.97 Å². The predicted molar refractivity (Wildman–Crippen MR) is 208 cm³/mol. The van der Waals surface area contributed by atoms with Gasteiger partial charge in [-0.3, -0.25) is 4.99 Å². The van der Waals surface area contributed by atoms with Crippen molar-refractivity contribution in [2.45, 2.75) is 6.54 Å². The van der Waals surface area contributed by atoms with Crippen molar-refractivity contribution in [3.8, 4) is 22.6 Å². The van der Waals surface area contributed by atoms with Crippen LogP contribution in [0.1, 0.15) is 11.1 Å². The lowest BCUT2D eigenvalue weighted by Crippen LogP contribution is -2.33. The van der Waals surface area contributed by atoms with Gasteiger partial charge in [-0.05, 0) is 60.8 Å². The topological polar surface area (TPSA) is 66.9 Å². The maximum absolute atomic E-state index is 6.53. The number of anilines is 1. The van der Waals surface area contributed by atoms with Gasteiger partial charge in [0.2, 0.25) is 0 Å². The van der Waals surface area contributed by atoms with Crippen LogP contribution in [0.4, 0.5) is 17.1 Å². The van der Waals surface area contributed by atoms with Crippen LogP contribution in [-0.2, 0) is 6.54 Å². The molecular formula is C43H27N5OS. The largest absolute Gasteiger partial charge is 0.456 e. The number of benzene rings is 6. The van der Waals surface area contributed by atoms with Gasteiger partial charge in [0.05, 0.1) is 39.5 Å². The molecule has 0 spiro atoms. The third kappa shape index (κ3) is 4.48. The Morgan fingerprint density at radius 1 is 0.700 bits per heavy atom. The van der Waals surface area contributed by atoms with E-state index in [1.54, 1.807) is 11.3 Å². The second kappa shape index (κ2) is 11.3. The minimum Gasteiger partial charge on any atom is -0.456 e. The fraction of sp³-hybridized carbons (Fsp3) is 0.0233. The van der Waals surface area contributed by atoms with E-state index in [1.165, 1.54) is 4.70 Å². The molecule has 0 N–H and O–H groups in total. The average molecular weight is 662 g/mol. The number of para-hydroxylation sites is 3. The van der Waals surface area contributed by atoms with Crippen molar-refractivity contribution in [3.63, 3.8) is 0 Å². The Hall–Kier alpha value is -6.44. The van der Waals surface area contributed by atoms with E-state index in [9.17, 15) is 0 Å². The van der Waals surface area contributed by atoms with Gasteiger partial charge in [0.1, 0.15) is 17.0 Å². The molecule has 1 aliphatic rings. The third-order valence-corrected chi connectivity index (χ3v) is 10.6. The number of fused-ring (bicyclic) bond motifs is 7. The first kappa shape index (κ1) is 28.6. The third-order valence-electron chi connectivity index (χ3n) is 9.41. The van der Waals surface area contributed by atoms with Gasteiger partial charge in [-0.1, -0.05) is 91.0 Å². The van der Waals surface area contributed by atoms with Crippen LogP contribution in [0.25, 0.3) is 64.9 Å². The first-order chi connectivity index (χ1) is 24.7. The molecule has 7 heteroatoms. The molecule has 9 aromatic rings. The van der Waals surface area contributed by atoms with E-state index < -0.39 is 0 Å². The number of rotatable bonds is 5. The minimum atomic E-state index is 0.645. The van der Waals surface area contributed by atoms with Gasteiger partial charge >= 0.3 is 0 Å². The summed E-state index contributed by atoms with van der Waals surface area (Å²) >= 11 is 1.73. The van der Waals surface area contributed by atoms with Gasteiger partial charge in [0, 0.05) is 37.5 Å². The zero-order valence-electron chi connectivity index (χ0n) is 26.7. The van der Waals surface area contributed by atoms with Crippen LogP contribution >= 0.6 is 11.3 Å². The van der Waals surface area contributed by atoms with E-state index in [0.29, 0.717) is 12.4 Å². The summed E-state index contributed by atoms with van der Waals surface area (Å²) in [6.07, 6.45) is 0. The first-order valence-corrected chi connectivity index (χ1v) is 17.3. The molecule has 4 heterocycles. The molecule has 6 nitrogen and oxygen atoms in total. The summed E-state index contributed by atoms with van der Waals surface area (Å²) in [5, 5.41) is 3.13. The first-order valence-electron chi connectivity index (χ1n) is 16.4. The molecule has 0 atom stereocenters. The van der Waals surface area contributed by atoms with Crippen LogP contribution in [0.2, 0.25) is 0 Å². The van der Waals surface area contributed by atoms with E-state index in [-0.39, 0.29) is 0 Å². The number of nitrogens with zero attached hydrogens (tertiary/aromatic N) is 5. The maximum Gasteiger partial charge on any atom is 0.160 e. The molecule has 0 aliphatic carbocycles. The molecule has 236 valence electrons. The number of hydrogen-bond acceptors (Lipinski definition) is 7. The van der Waals surface area contributed by atoms with Gasteiger partial charge in [0.25, 0.3) is 0 Å². The Bertz CT molecular complexity index is 2830. The molecule has 0 bridgehead atoms. The summed E-state index contributed by atoms with van der Waals surface area (Å²) < 4.78 is 8.77. The van der Waals surface area contributed by atoms with E-state index in [2.05, 4.69) is 102 Å². The van der Waals surface area contributed by atoms with Gasteiger partial charge in [-0.25, -0.2) is 15.0 Å². The Balaban J connectivity index is 1.22. The van der Waals surface area contributed by atoms with Crippen LogP contribution in [-0.4, -0.2) is 22.5 Å². The van der Waals surface area contributed by atoms with E-state index in [1.807, 2.05) is 54.6 Å².